The first-order chi connectivity index (χ1) is 19.0. The number of halogens is 3. The fraction of sp³-hybridized carbons (Fsp3) is 0.367. The molecule has 5 rings (SSSR count). The molecule has 0 atom stereocenters. The first-order valence-corrected chi connectivity index (χ1v) is 16.1. The summed E-state index contributed by atoms with van der Waals surface area (Å²) >= 11 is 17.0. The molecule has 40 heavy (non-hydrogen) atoms. The summed E-state index contributed by atoms with van der Waals surface area (Å²) < 4.78 is 35.3. The number of alkyl halides is 3. The maximum atomic E-state index is 12.7. The van der Waals surface area contributed by atoms with Crippen LogP contribution in [0.1, 0.15) is 36.0 Å². The first kappa shape index (κ1) is 29.1. The third kappa shape index (κ3) is 7.43. The number of ether oxygens (including phenoxy) is 2. The average Bonchev–Trinajstić information content (AvgIpc) is 2.92. The molecule has 2 heterocycles. The molecule has 1 amide bonds. The summed E-state index contributed by atoms with van der Waals surface area (Å²) in [6, 6.07) is 23.1. The molecule has 2 aliphatic heterocycles. The van der Waals surface area contributed by atoms with Crippen molar-refractivity contribution < 1.29 is 22.7 Å². The van der Waals surface area contributed by atoms with Crippen molar-refractivity contribution in [3.63, 3.8) is 0 Å². The molecule has 2 aliphatic rings. The Bertz CT molecular complexity index is 1450. The summed E-state index contributed by atoms with van der Waals surface area (Å²) in [5, 5.41) is 0. The van der Waals surface area contributed by atoms with Crippen molar-refractivity contribution >= 4 is 50.7 Å². The number of carbonyl (C=O) groups is 1. The predicted molar refractivity (Wildman–Crippen MR) is 159 cm³/mol. The Morgan fingerprint density at radius 1 is 0.875 bits per heavy atom. The second-order valence-electron chi connectivity index (χ2n) is 10.5. The van der Waals surface area contributed by atoms with Crippen molar-refractivity contribution in [2.75, 3.05) is 19.7 Å². The molecule has 1 saturated heterocycles. The minimum Gasteiger partial charge on any atom is -0.487 e. The first-order valence-electron chi connectivity index (χ1n) is 13.1. The molecule has 10 heteroatoms. The van der Waals surface area contributed by atoms with Gasteiger partial charge < -0.3 is 14.4 Å². The van der Waals surface area contributed by atoms with Crippen molar-refractivity contribution in [1.82, 2.24) is 4.90 Å². The van der Waals surface area contributed by atoms with Gasteiger partial charge in [0.15, 0.2) is 9.84 Å². The molecule has 6 nitrogen and oxygen atoms in total. The number of fused-ring (bicyclic) bond motifs is 1. The summed E-state index contributed by atoms with van der Waals surface area (Å²) in [5.74, 6) is 0.899. The highest BCUT2D eigenvalue weighted by molar-refractivity contribution is 7.89. The van der Waals surface area contributed by atoms with Crippen LogP contribution in [0.25, 0.3) is 11.1 Å². The van der Waals surface area contributed by atoms with Crippen LogP contribution in [0.3, 0.4) is 0 Å². The lowest BCUT2D eigenvalue weighted by Gasteiger charge is -2.44. The zero-order valence-corrected chi connectivity index (χ0v) is 24.9. The number of hydrogen-bond donors (Lipinski definition) is 0. The van der Waals surface area contributed by atoms with Gasteiger partial charge in [-0.2, -0.15) is 0 Å². The molecule has 3 aromatic rings. The van der Waals surface area contributed by atoms with E-state index in [9.17, 15) is 13.2 Å². The van der Waals surface area contributed by atoms with Crippen molar-refractivity contribution in [2.24, 2.45) is 0 Å². The van der Waals surface area contributed by atoms with Crippen LogP contribution in [0.2, 0.25) is 0 Å². The Balaban J connectivity index is 1.18. The van der Waals surface area contributed by atoms with Gasteiger partial charge >= 0.3 is 6.09 Å². The van der Waals surface area contributed by atoms with E-state index in [1.54, 1.807) is 4.90 Å². The van der Waals surface area contributed by atoms with E-state index in [2.05, 4.69) is 6.07 Å². The Kier molecular flexibility index (Phi) is 8.58. The topological polar surface area (TPSA) is 72.9 Å². The van der Waals surface area contributed by atoms with Crippen LogP contribution < -0.4 is 4.74 Å². The standard InChI is InChI=1S/C30H30Cl3NO5S/c31-30(32,33)21-38-28(35)34-16-14-29(15-17-34)13-12-26-18-25(10-11-27(26)39-29)24-8-6-23(7-9-24)20-40(36,37)19-22-4-2-1-3-5-22/h1-11,18H,12-17,19-21H2. The van der Waals surface area contributed by atoms with E-state index in [4.69, 9.17) is 44.3 Å². The monoisotopic (exact) mass is 621 g/mol. The zero-order chi connectivity index (χ0) is 28.4. The third-order valence-electron chi connectivity index (χ3n) is 7.43. The Morgan fingerprint density at radius 3 is 2.15 bits per heavy atom. The van der Waals surface area contributed by atoms with Gasteiger partial charge in [0.2, 0.25) is 3.79 Å². The van der Waals surface area contributed by atoms with Gasteiger partial charge in [0.1, 0.15) is 18.0 Å². The fourth-order valence-electron chi connectivity index (χ4n) is 5.31. The highest BCUT2D eigenvalue weighted by Gasteiger charge is 2.41. The van der Waals surface area contributed by atoms with Crippen molar-refractivity contribution in [1.29, 1.82) is 0 Å². The van der Waals surface area contributed by atoms with Gasteiger partial charge in [0.05, 0.1) is 11.5 Å². The SMILES string of the molecule is O=C(OCC(Cl)(Cl)Cl)N1CCC2(CCc3cc(-c4ccc(CS(=O)(=O)Cc5ccccc5)cc4)ccc3O2)CC1. The van der Waals surface area contributed by atoms with Crippen LogP contribution in [0, 0.1) is 0 Å². The van der Waals surface area contributed by atoms with E-state index in [1.165, 1.54) is 0 Å². The van der Waals surface area contributed by atoms with Gasteiger partial charge in [-0.15, -0.1) is 0 Å². The van der Waals surface area contributed by atoms with Gasteiger partial charge in [0.25, 0.3) is 0 Å². The number of sulfone groups is 1. The van der Waals surface area contributed by atoms with Crippen LogP contribution in [0.4, 0.5) is 4.79 Å². The van der Waals surface area contributed by atoms with Crippen LogP contribution in [0.5, 0.6) is 5.75 Å². The van der Waals surface area contributed by atoms with Gasteiger partial charge in [-0.05, 0) is 52.8 Å². The summed E-state index contributed by atoms with van der Waals surface area (Å²) in [6.45, 7) is 0.736. The maximum Gasteiger partial charge on any atom is 0.409 e. The molecule has 212 valence electrons. The molecule has 0 bridgehead atoms. The highest BCUT2D eigenvalue weighted by Crippen LogP contribution is 2.41. The van der Waals surface area contributed by atoms with Gasteiger partial charge in [-0.1, -0.05) is 95.5 Å². The molecule has 0 aromatic heterocycles. The molecule has 1 fully saturated rings. The van der Waals surface area contributed by atoms with Crippen molar-refractivity contribution in [3.05, 3.63) is 89.5 Å². The molecule has 0 saturated carbocycles. The number of piperidine rings is 1. The lowest BCUT2D eigenvalue weighted by molar-refractivity contribution is -0.0141. The van der Waals surface area contributed by atoms with E-state index in [1.807, 2.05) is 66.7 Å². The predicted octanol–water partition coefficient (Wildman–Crippen LogP) is 7.14. The smallest absolute Gasteiger partial charge is 0.409 e. The minimum atomic E-state index is -3.27. The number of hydrogen-bond acceptors (Lipinski definition) is 5. The van der Waals surface area contributed by atoms with E-state index < -0.39 is 19.7 Å². The lowest BCUT2D eigenvalue weighted by atomic mass is 9.82. The highest BCUT2D eigenvalue weighted by atomic mass is 35.6. The normalized spacial score (nSPS) is 16.7. The lowest BCUT2D eigenvalue weighted by Crippen LogP contribution is -2.51. The molecular formula is C30H30Cl3NO5S. The van der Waals surface area contributed by atoms with E-state index in [0.717, 1.165) is 46.4 Å². The average molecular weight is 623 g/mol. The summed E-state index contributed by atoms with van der Waals surface area (Å²) in [6.07, 6.45) is 2.65. The Hall–Kier alpha value is -2.45. The number of carbonyl (C=O) groups excluding carboxylic acids is 1. The fourth-order valence-corrected chi connectivity index (χ4v) is 6.98. The van der Waals surface area contributed by atoms with Crippen molar-refractivity contribution in [3.8, 4) is 16.9 Å². The van der Waals surface area contributed by atoms with E-state index in [-0.39, 0.29) is 23.7 Å². The maximum absolute atomic E-state index is 12.7. The van der Waals surface area contributed by atoms with Crippen molar-refractivity contribution in [2.45, 2.75) is 46.6 Å². The molecule has 0 radical (unpaired) electrons. The van der Waals surface area contributed by atoms with Gasteiger partial charge in [0, 0.05) is 25.9 Å². The van der Waals surface area contributed by atoms with Gasteiger partial charge in [-0.3, -0.25) is 0 Å². The second-order valence-corrected chi connectivity index (χ2v) is 15.1. The number of amides is 1. The third-order valence-corrected chi connectivity index (χ3v) is 9.31. The number of likely N-dealkylation sites (tertiary alicyclic amines) is 1. The van der Waals surface area contributed by atoms with Crippen LogP contribution >= 0.6 is 34.8 Å². The Labute approximate surface area is 250 Å². The minimum absolute atomic E-state index is 0.00431. The Morgan fingerprint density at radius 2 is 1.50 bits per heavy atom. The van der Waals surface area contributed by atoms with Gasteiger partial charge in [-0.25, -0.2) is 13.2 Å². The summed E-state index contributed by atoms with van der Waals surface area (Å²) in [4.78, 5) is 13.9. The zero-order valence-electron chi connectivity index (χ0n) is 21.8. The molecule has 0 unspecified atom stereocenters. The molecule has 1 spiro atoms. The van der Waals surface area contributed by atoms with E-state index in [0.29, 0.717) is 25.9 Å². The number of rotatable bonds is 6. The summed E-state index contributed by atoms with van der Waals surface area (Å²) in [7, 11) is -3.27. The van der Waals surface area contributed by atoms with Crippen LogP contribution in [0.15, 0.2) is 72.8 Å². The molecule has 0 N–H and O–H groups in total. The van der Waals surface area contributed by atoms with Crippen LogP contribution in [-0.2, 0) is 32.5 Å². The number of benzene rings is 3. The number of nitrogens with zero attached hydrogens (tertiary/aromatic N) is 1. The summed E-state index contributed by atoms with van der Waals surface area (Å²) in [5.41, 5.74) is 4.47. The van der Waals surface area contributed by atoms with Crippen LogP contribution in [-0.4, -0.2) is 48.5 Å². The number of aryl methyl sites for hydroxylation is 1. The molecular weight excluding hydrogens is 593 g/mol. The largest absolute Gasteiger partial charge is 0.487 e. The molecule has 3 aromatic carbocycles. The second kappa shape index (κ2) is 11.8. The van der Waals surface area contributed by atoms with E-state index >= 15 is 0 Å². The molecule has 0 aliphatic carbocycles. The quantitative estimate of drug-likeness (QED) is 0.274.